The van der Waals surface area contributed by atoms with Crippen LogP contribution in [0.15, 0.2) is 29.3 Å². The largest absolute Gasteiger partial charge is 0.417 e. The standard InChI is InChI=1S/C26H33F3N4O3/c1-19-22(7-5-3-4-6-10-31-11-13-32(14-12-31)15-16-36-2)25(35)33(24(19)34)21-9-8-20(18-30)23(17-21)26(27,28)29/h8-9,17H,3-7,10-16H2,1-2H3. The molecule has 0 saturated carbocycles. The van der Waals surface area contributed by atoms with E-state index in [2.05, 4.69) is 9.80 Å². The fourth-order valence-corrected chi connectivity index (χ4v) is 4.66. The molecule has 7 nitrogen and oxygen atoms in total. The van der Waals surface area contributed by atoms with Crippen LogP contribution in [-0.2, 0) is 20.5 Å². The summed E-state index contributed by atoms with van der Waals surface area (Å²) < 4.78 is 45.1. The van der Waals surface area contributed by atoms with Crippen molar-refractivity contribution < 1.29 is 27.5 Å². The summed E-state index contributed by atoms with van der Waals surface area (Å²) in [7, 11) is 1.72. The third-order valence-electron chi connectivity index (χ3n) is 6.85. The lowest BCUT2D eigenvalue weighted by molar-refractivity contribution is -0.138. The topological polar surface area (TPSA) is 76.9 Å². The van der Waals surface area contributed by atoms with Crippen LogP contribution in [0.25, 0.3) is 0 Å². The molecule has 0 aliphatic carbocycles. The second-order valence-electron chi connectivity index (χ2n) is 9.23. The Bertz CT molecular complexity index is 1020. The molecule has 1 aromatic rings. The van der Waals surface area contributed by atoms with E-state index in [1.54, 1.807) is 7.11 Å². The molecule has 2 heterocycles. The number of nitrogens with zero attached hydrogens (tertiary/aromatic N) is 4. The second-order valence-corrected chi connectivity index (χ2v) is 9.23. The Kier molecular flexibility index (Phi) is 9.65. The molecule has 3 rings (SSSR count). The maximum absolute atomic E-state index is 13.3. The van der Waals surface area contributed by atoms with E-state index < -0.39 is 29.1 Å². The predicted octanol–water partition coefficient (Wildman–Crippen LogP) is 3.98. The highest BCUT2D eigenvalue weighted by molar-refractivity contribution is 6.32. The van der Waals surface area contributed by atoms with Crippen molar-refractivity contribution in [2.45, 2.75) is 45.2 Å². The summed E-state index contributed by atoms with van der Waals surface area (Å²) in [6, 6.07) is 4.40. The molecule has 2 amide bonds. The van der Waals surface area contributed by atoms with E-state index in [1.165, 1.54) is 19.1 Å². The number of piperazine rings is 1. The minimum Gasteiger partial charge on any atom is -0.383 e. The van der Waals surface area contributed by atoms with Crippen molar-refractivity contribution in [3.8, 4) is 6.07 Å². The average Bonchev–Trinajstić information content (AvgIpc) is 3.07. The number of anilines is 1. The van der Waals surface area contributed by atoms with Gasteiger partial charge in [-0.3, -0.25) is 14.5 Å². The number of ether oxygens (including phenoxy) is 1. The van der Waals surface area contributed by atoms with Gasteiger partial charge in [-0.1, -0.05) is 12.8 Å². The number of methoxy groups -OCH3 is 1. The maximum Gasteiger partial charge on any atom is 0.417 e. The van der Waals surface area contributed by atoms with Gasteiger partial charge in [-0.2, -0.15) is 18.4 Å². The zero-order chi connectivity index (χ0) is 26.3. The van der Waals surface area contributed by atoms with E-state index in [0.717, 1.165) is 82.5 Å². The summed E-state index contributed by atoms with van der Waals surface area (Å²) in [6.07, 6.45) is -0.664. The van der Waals surface area contributed by atoms with E-state index in [1.807, 2.05) is 0 Å². The molecule has 36 heavy (non-hydrogen) atoms. The summed E-state index contributed by atoms with van der Waals surface area (Å²) >= 11 is 0. The number of benzene rings is 1. The minimum absolute atomic E-state index is 0.173. The van der Waals surface area contributed by atoms with Gasteiger partial charge < -0.3 is 9.64 Å². The first-order valence-electron chi connectivity index (χ1n) is 12.3. The van der Waals surface area contributed by atoms with Gasteiger partial charge in [0, 0.05) is 51.0 Å². The average molecular weight is 507 g/mol. The third-order valence-corrected chi connectivity index (χ3v) is 6.85. The summed E-state index contributed by atoms with van der Waals surface area (Å²) in [5.41, 5.74) is -1.27. The normalized spacial score (nSPS) is 17.8. The molecule has 0 spiro atoms. The van der Waals surface area contributed by atoms with Crippen LogP contribution < -0.4 is 4.90 Å². The molecule has 1 fully saturated rings. The number of amides is 2. The number of nitriles is 1. The smallest absolute Gasteiger partial charge is 0.383 e. The zero-order valence-electron chi connectivity index (χ0n) is 20.9. The molecular weight excluding hydrogens is 473 g/mol. The summed E-state index contributed by atoms with van der Waals surface area (Å²) in [6.45, 7) is 8.49. The van der Waals surface area contributed by atoms with Gasteiger partial charge >= 0.3 is 6.18 Å². The molecule has 0 atom stereocenters. The lowest BCUT2D eigenvalue weighted by atomic mass is 10.0. The van der Waals surface area contributed by atoms with Crippen molar-refractivity contribution in [3.05, 3.63) is 40.5 Å². The fourth-order valence-electron chi connectivity index (χ4n) is 4.66. The van der Waals surface area contributed by atoms with E-state index in [4.69, 9.17) is 10.00 Å². The summed E-state index contributed by atoms with van der Waals surface area (Å²) in [5.74, 6) is -1.20. The summed E-state index contributed by atoms with van der Waals surface area (Å²) in [4.78, 5) is 31.3. The van der Waals surface area contributed by atoms with Gasteiger partial charge in [0.1, 0.15) is 0 Å². The Labute approximate surface area is 210 Å². The van der Waals surface area contributed by atoms with Crippen LogP contribution in [0.4, 0.5) is 18.9 Å². The quantitative estimate of drug-likeness (QED) is 0.334. The molecular formula is C26H33F3N4O3. The molecule has 2 aliphatic rings. The molecule has 2 aliphatic heterocycles. The van der Waals surface area contributed by atoms with E-state index in [0.29, 0.717) is 18.1 Å². The van der Waals surface area contributed by atoms with E-state index >= 15 is 0 Å². The van der Waals surface area contributed by atoms with Crippen molar-refractivity contribution in [1.29, 1.82) is 5.26 Å². The van der Waals surface area contributed by atoms with Crippen molar-refractivity contribution in [2.24, 2.45) is 0 Å². The SMILES string of the molecule is COCCN1CCN(CCCCCCC2=C(C)C(=O)N(c3ccc(C#N)c(C(F)(F)F)c3)C2=O)CC1. The Morgan fingerprint density at radius 2 is 1.61 bits per heavy atom. The van der Waals surface area contributed by atoms with Crippen LogP contribution in [0, 0.1) is 11.3 Å². The van der Waals surface area contributed by atoms with Crippen LogP contribution in [-0.4, -0.2) is 74.6 Å². The molecule has 10 heteroatoms. The van der Waals surface area contributed by atoms with Crippen LogP contribution in [0.3, 0.4) is 0 Å². The zero-order valence-corrected chi connectivity index (χ0v) is 20.9. The second kappa shape index (κ2) is 12.5. The molecule has 1 aromatic carbocycles. The van der Waals surface area contributed by atoms with E-state index in [9.17, 15) is 22.8 Å². The van der Waals surface area contributed by atoms with Gasteiger partial charge in [0.05, 0.1) is 29.5 Å². The molecule has 1 saturated heterocycles. The lowest BCUT2D eigenvalue weighted by Crippen LogP contribution is -2.47. The first-order valence-corrected chi connectivity index (χ1v) is 12.3. The highest BCUT2D eigenvalue weighted by Gasteiger charge is 2.39. The molecule has 0 radical (unpaired) electrons. The monoisotopic (exact) mass is 506 g/mol. The number of halogens is 3. The molecule has 0 N–H and O–H groups in total. The fraction of sp³-hybridized carbons (Fsp3) is 0.577. The first-order chi connectivity index (χ1) is 17.2. The van der Waals surface area contributed by atoms with Gasteiger partial charge in [0.15, 0.2) is 0 Å². The van der Waals surface area contributed by atoms with Crippen LogP contribution in [0.5, 0.6) is 0 Å². The Hall–Kier alpha value is -2.74. The first kappa shape index (κ1) is 27.8. The van der Waals surface area contributed by atoms with Crippen LogP contribution in [0.1, 0.15) is 50.2 Å². The number of carbonyl (C=O) groups excluding carboxylic acids is 2. The van der Waals surface area contributed by atoms with Crippen molar-refractivity contribution in [3.63, 3.8) is 0 Å². The third kappa shape index (κ3) is 6.72. The van der Waals surface area contributed by atoms with Crippen LogP contribution >= 0.6 is 0 Å². The Morgan fingerprint density at radius 3 is 2.22 bits per heavy atom. The van der Waals surface area contributed by atoms with Gasteiger partial charge in [-0.25, -0.2) is 4.90 Å². The number of rotatable bonds is 11. The number of unbranched alkanes of at least 4 members (excludes halogenated alkanes) is 3. The number of hydrogen-bond donors (Lipinski definition) is 0. The highest BCUT2D eigenvalue weighted by atomic mass is 19.4. The summed E-state index contributed by atoms with van der Waals surface area (Å²) in [5, 5.41) is 8.98. The van der Waals surface area contributed by atoms with Gasteiger partial charge in [-0.05, 0) is 50.9 Å². The van der Waals surface area contributed by atoms with Gasteiger partial charge in [0.25, 0.3) is 11.8 Å². The van der Waals surface area contributed by atoms with E-state index in [-0.39, 0.29) is 11.3 Å². The van der Waals surface area contributed by atoms with Crippen molar-refractivity contribution in [1.82, 2.24) is 9.80 Å². The Balaban J connectivity index is 1.46. The van der Waals surface area contributed by atoms with Gasteiger partial charge in [-0.15, -0.1) is 0 Å². The molecule has 0 unspecified atom stereocenters. The molecule has 0 bridgehead atoms. The van der Waals surface area contributed by atoms with Crippen molar-refractivity contribution in [2.75, 3.05) is 57.9 Å². The number of hydrogen-bond acceptors (Lipinski definition) is 6. The number of imide groups is 1. The highest BCUT2D eigenvalue weighted by Crippen LogP contribution is 2.36. The van der Waals surface area contributed by atoms with Crippen molar-refractivity contribution >= 4 is 17.5 Å². The van der Waals surface area contributed by atoms with Crippen LogP contribution in [0.2, 0.25) is 0 Å². The predicted molar refractivity (Wildman–Crippen MR) is 129 cm³/mol. The maximum atomic E-state index is 13.3. The number of carbonyl (C=O) groups is 2. The molecule has 196 valence electrons. The lowest BCUT2D eigenvalue weighted by Gasteiger charge is -2.34. The van der Waals surface area contributed by atoms with Gasteiger partial charge in [0.2, 0.25) is 0 Å². The molecule has 0 aromatic heterocycles. The minimum atomic E-state index is -4.77. The Morgan fingerprint density at radius 1 is 0.972 bits per heavy atom. The number of alkyl halides is 3.